The van der Waals surface area contributed by atoms with Gasteiger partial charge in [0.25, 0.3) is 5.91 Å². The summed E-state index contributed by atoms with van der Waals surface area (Å²) in [7, 11) is 1.62. The first-order chi connectivity index (χ1) is 12.9. The van der Waals surface area contributed by atoms with Crippen molar-refractivity contribution >= 4 is 5.91 Å². The molecule has 0 aliphatic heterocycles. The fourth-order valence-electron chi connectivity index (χ4n) is 3.60. The molecule has 5 nitrogen and oxygen atoms in total. The zero-order valence-electron chi connectivity index (χ0n) is 15.8. The Bertz CT molecular complexity index is 972. The van der Waals surface area contributed by atoms with Crippen LogP contribution in [0.25, 0.3) is 11.1 Å². The molecule has 2 aromatic carbocycles. The first-order valence-corrected chi connectivity index (χ1v) is 8.84. The molecule has 27 heavy (non-hydrogen) atoms. The van der Waals surface area contributed by atoms with E-state index in [4.69, 9.17) is 10.5 Å². The molecule has 1 heterocycles. The van der Waals surface area contributed by atoms with Crippen LogP contribution in [0.15, 0.2) is 48.5 Å². The SMILES string of the molecule is COc1ccccc1-c1c(C(N)=O)c(C)n(CCc2ccc(O)cc2)c1C. The predicted molar refractivity (Wildman–Crippen MR) is 106 cm³/mol. The number of carbonyl (C=O) groups is 1. The Kier molecular flexibility index (Phi) is 5.21. The Hall–Kier alpha value is -3.21. The Balaban J connectivity index is 2.06. The number of amides is 1. The van der Waals surface area contributed by atoms with E-state index in [0.29, 0.717) is 17.9 Å². The maximum atomic E-state index is 12.2. The van der Waals surface area contributed by atoms with E-state index in [9.17, 15) is 9.90 Å². The first kappa shape index (κ1) is 18.6. The molecule has 0 radical (unpaired) electrons. The summed E-state index contributed by atoms with van der Waals surface area (Å²) in [5.74, 6) is 0.514. The summed E-state index contributed by atoms with van der Waals surface area (Å²) in [6.07, 6.45) is 0.778. The van der Waals surface area contributed by atoms with Gasteiger partial charge in [-0.25, -0.2) is 0 Å². The highest BCUT2D eigenvalue weighted by molar-refractivity contribution is 6.02. The van der Waals surface area contributed by atoms with Gasteiger partial charge in [0.15, 0.2) is 0 Å². The largest absolute Gasteiger partial charge is 0.508 e. The minimum Gasteiger partial charge on any atom is -0.508 e. The molecule has 1 aromatic heterocycles. The number of aromatic hydroxyl groups is 1. The van der Waals surface area contributed by atoms with Gasteiger partial charge in [-0.05, 0) is 44.0 Å². The Morgan fingerprint density at radius 2 is 1.74 bits per heavy atom. The van der Waals surface area contributed by atoms with Crippen LogP contribution in [0.1, 0.15) is 27.3 Å². The molecule has 0 spiro atoms. The van der Waals surface area contributed by atoms with E-state index in [1.165, 1.54) is 0 Å². The number of hydrogen-bond acceptors (Lipinski definition) is 3. The maximum absolute atomic E-state index is 12.2. The average Bonchev–Trinajstić information content (AvgIpc) is 2.91. The van der Waals surface area contributed by atoms with Crippen molar-refractivity contribution in [2.75, 3.05) is 7.11 Å². The smallest absolute Gasteiger partial charge is 0.251 e. The Labute approximate surface area is 159 Å². The second kappa shape index (κ2) is 7.58. The van der Waals surface area contributed by atoms with E-state index in [0.717, 1.165) is 34.5 Å². The van der Waals surface area contributed by atoms with Crippen LogP contribution < -0.4 is 10.5 Å². The van der Waals surface area contributed by atoms with Gasteiger partial charge in [-0.3, -0.25) is 4.79 Å². The lowest BCUT2D eigenvalue weighted by molar-refractivity contribution is 0.1000. The molecule has 3 rings (SSSR count). The quantitative estimate of drug-likeness (QED) is 0.698. The van der Waals surface area contributed by atoms with Gasteiger partial charge in [-0.1, -0.05) is 30.3 Å². The van der Waals surface area contributed by atoms with Gasteiger partial charge in [-0.2, -0.15) is 0 Å². The molecule has 5 heteroatoms. The zero-order valence-corrected chi connectivity index (χ0v) is 15.8. The van der Waals surface area contributed by atoms with Gasteiger partial charge in [0.05, 0.1) is 12.7 Å². The monoisotopic (exact) mass is 364 g/mol. The fourth-order valence-corrected chi connectivity index (χ4v) is 3.60. The van der Waals surface area contributed by atoms with E-state index >= 15 is 0 Å². The average molecular weight is 364 g/mol. The summed E-state index contributed by atoms with van der Waals surface area (Å²) >= 11 is 0. The molecule has 0 aliphatic rings. The lowest BCUT2D eigenvalue weighted by atomic mass is 9.99. The number of benzene rings is 2. The molecule has 0 bridgehead atoms. The Morgan fingerprint density at radius 1 is 1.07 bits per heavy atom. The number of ether oxygens (including phenoxy) is 1. The highest BCUT2D eigenvalue weighted by Gasteiger charge is 2.24. The predicted octanol–water partition coefficient (Wildman–Crippen LogP) is 3.83. The second-order valence-electron chi connectivity index (χ2n) is 6.55. The van der Waals surface area contributed by atoms with Crippen molar-refractivity contribution in [2.24, 2.45) is 5.73 Å². The molecule has 0 aliphatic carbocycles. The second-order valence-corrected chi connectivity index (χ2v) is 6.55. The standard InChI is InChI=1S/C22H24N2O3/c1-14-20(18-6-4-5-7-19(18)27-3)21(22(23)26)15(2)24(14)13-12-16-8-10-17(25)11-9-16/h4-11,25H,12-13H2,1-3H3,(H2,23,26). The van der Waals surface area contributed by atoms with Crippen molar-refractivity contribution < 1.29 is 14.6 Å². The zero-order chi connectivity index (χ0) is 19.6. The summed E-state index contributed by atoms with van der Waals surface area (Å²) in [5.41, 5.74) is 10.9. The number of hydrogen-bond donors (Lipinski definition) is 2. The first-order valence-electron chi connectivity index (χ1n) is 8.84. The molecular formula is C22H24N2O3. The number of aromatic nitrogens is 1. The molecule has 140 valence electrons. The van der Waals surface area contributed by atoms with Gasteiger partial charge < -0.3 is 20.1 Å². The number of aryl methyl sites for hydroxylation is 1. The molecule has 3 N–H and O–H groups in total. The van der Waals surface area contributed by atoms with Gasteiger partial charge in [-0.15, -0.1) is 0 Å². The summed E-state index contributed by atoms with van der Waals surface area (Å²) in [5, 5.41) is 9.44. The highest BCUT2D eigenvalue weighted by Crippen LogP contribution is 2.37. The molecule has 0 saturated heterocycles. The summed E-state index contributed by atoms with van der Waals surface area (Å²) in [4.78, 5) is 12.2. The normalized spacial score (nSPS) is 10.8. The number of primary amides is 1. The topological polar surface area (TPSA) is 77.5 Å². The lowest BCUT2D eigenvalue weighted by Crippen LogP contribution is -2.14. The van der Waals surface area contributed by atoms with Gasteiger partial charge in [0.1, 0.15) is 11.5 Å². The van der Waals surface area contributed by atoms with Crippen LogP contribution in [-0.4, -0.2) is 22.7 Å². The number of carbonyl (C=O) groups excluding carboxylic acids is 1. The maximum Gasteiger partial charge on any atom is 0.251 e. The minimum atomic E-state index is -0.445. The van der Waals surface area contributed by atoms with Crippen molar-refractivity contribution in [3.8, 4) is 22.6 Å². The number of rotatable bonds is 6. The van der Waals surface area contributed by atoms with Crippen LogP contribution in [0.3, 0.4) is 0 Å². The molecule has 0 atom stereocenters. The van der Waals surface area contributed by atoms with E-state index < -0.39 is 5.91 Å². The third-order valence-corrected chi connectivity index (χ3v) is 4.97. The Morgan fingerprint density at radius 3 is 2.37 bits per heavy atom. The number of nitrogens with zero attached hydrogens (tertiary/aromatic N) is 1. The van der Waals surface area contributed by atoms with Crippen LogP contribution in [0, 0.1) is 13.8 Å². The summed E-state index contributed by atoms with van der Waals surface area (Å²) in [6.45, 7) is 4.62. The van der Waals surface area contributed by atoms with Crippen LogP contribution in [0.2, 0.25) is 0 Å². The number of phenols is 1. The summed E-state index contributed by atoms with van der Waals surface area (Å²) in [6, 6.07) is 14.8. The van der Waals surface area contributed by atoms with E-state index in [2.05, 4.69) is 4.57 Å². The fraction of sp³-hybridized carbons (Fsp3) is 0.227. The minimum absolute atomic E-state index is 0.251. The van der Waals surface area contributed by atoms with Crippen LogP contribution >= 0.6 is 0 Å². The number of methoxy groups -OCH3 is 1. The van der Waals surface area contributed by atoms with E-state index in [1.54, 1.807) is 19.2 Å². The summed E-state index contributed by atoms with van der Waals surface area (Å²) < 4.78 is 7.61. The number of phenolic OH excluding ortho intramolecular Hbond substituents is 1. The third kappa shape index (κ3) is 3.53. The van der Waals surface area contributed by atoms with Crippen LogP contribution in [0.5, 0.6) is 11.5 Å². The number of nitrogens with two attached hydrogens (primary N) is 1. The van der Waals surface area contributed by atoms with Crippen molar-refractivity contribution in [1.29, 1.82) is 0 Å². The van der Waals surface area contributed by atoms with Gasteiger partial charge >= 0.3 is 0 Å². The highest BCUT2D eigenvalue weighted by atomic mass is 16.5. The number of para-hydroxylation sites is 1. The van der Waals surface area contributed by atoms with Gasteiger partial charge in [0, 0.05) is 29.1 Å². The molecule has 3 aromatic rings. The van der Waals surface area contributed by atoms with Crippen LogP contribution in [0.4, 0.5) is 0 Å². The third-order valence-electron chi connectivity index (χ3n) is 4.97. The van der Waals surface area contributed by atoms with E-state index in [-0.39, 0.29) is 5.75 Å². The molecule has 0 fully saturated rings. The lowest BCUT2D eigenvalue weighted by Gasteiger charge is -2.11. The molecule has 0 saturated carbocycles. The van der Waals surface area contributed by atoms with Crippen molar-refractivity contribution in [3.05, 3.63) is 71.0 Å². The van der Waals surface area contributed by atoms with Crippen LogP contribution in [-0.2, 0) is 13.0 Å². The van der Waals surface area contributed by atoms with Crippen molar-refractivity contribution in [1.82, 2.24) is 4.57 Å². The van der Waals surface area contributed by atoms with Crippen molar-refractivity contribution in [3.63, 3.8) is 0 Å². The molecule has 1 amide bonds. The van der Waals surface area contributed by atoms with Crippen molar-refractivity contribution in [2.45, 2.75) is 26.8 Å². The molecular weight excluding hydrogens is 340 g/mol. The van der Waals surface area contributed by atoms with E-state index in [1.807, 2.05) is 50.2 Å². The van der Waals surface area contributed by atoms with Gasteiger partial charge in [0.2, 0.25) is 0 Å². The molecule has 0 unspecified atom stereocenters.